The molecule has 0 saturated heterocycles. The van der Waals surface area contributed by atoms with Crippen LogP contribution in [0.2, 0.25) is 0 Å². The van der Waals surface area contributed by atoms with Crippen LogP contribution in [0.4, 0.5) is 0 Å². The molecule has 0 spiro atoms. The number of rotatable bonds is 4. The summed E-state index contributed by atoms with van der Waals surface area (Å²) in [4.78, 5) is 4.63. The van der Waals surface area contributed by atoms with Gasteiger partial charge >= 0.3 is 0 Å². The van der Waals surface area contributed by atoms with Crippen LogP contribution < -0.4 is 0 Å². The van der Waals surface area contributed by atoms with Crippen LogP contribution in [0.25, 0.3) is 10.2 Å². The molecule has 0 atom stereocenters. The Labute approximate surface area is 121 Å². The molecule has 0 N–H and O–H groups in total. The van der Waals surface area contributed by atoms with Gasteiger partial charge in [-0.05, 0) is 36.7 Å². The number of thiazole rings is 1. The van der Waals surface area contributed by atoms with Crippen LogP contribution in [0.5, 0.6) is 0 Å². The van der Waals surface area contributed by atoms with Crippen molar-refractivity contribution in [3.8, 4) is 0 Å². The zero-order valence-electron chi connectivity index (χ0n) is 10.6. The molecule has 2 aromatic carbocycles. The van der Waals surface area contributed by atoms with Crippen LogP contribution in [0, 0.1) is 0 Å². The highest BCUT2D eigenvalue weighted by atomic mass is 32.2. The van der Waals surface area contributed by atoms with Crippen LogP contribution in [-0.2, 0) is 6.54 Å². The van der Waals surface area contributed by atoms with Crippen molar-refractivity contribution >= 4 is 33.5 Å². The third-order valence-electron chi connectivity index (χ3n) is 2.76. The minimum Gasteiger partial charge on any atom is -0.243 e. The number of benzene rings is 2. The first-order valence-electron chi connectivity index (χ1n) is 6.10. The molecule has 0 bridgehead atoms. The first kappa shape index (κ1) is 12.7. The molecule has 0 unspecified atom stereocenters. The fourth-order valence-electron chi connectivity index (χ4n) is 1.90. The van der Waals surface area contributed by atoms with Crippen LogP contribution >= 0.6 is 23.3 Å². The monoisotopic (exact) mass is 286 g/mol. The molecular formula is C15H14N2S2. The Hall–Kier alpha value is -1.36. The second-order valence-corrected chi connectivity index (χ2v) is 6.79. The highest BCUT2D eigenvalue weighted by molar-refractivity contribution is 7.98. The van der Waals surface area contributed by atoms with E-state index in [-0.39, 0.29) is 0 Å². The Morgan fingerprint density at radius 3 is 2.58 bits per heavy atom. The number of hydrogen-bond acceptors (Lipinski definition) is 4. The second-order valence-electron chi connectivity index (χ2n) is 4.31. The summed E-state index contributed by atoms with van der Waals surface area (Å²) in [5, 5.41) is 0. The number of fused-ring (bicyclic) bond motifs is 1. The molecule has 0 radical (unpaired) electrons. The van der Waals surface area contributed by atoms with Crippen molar-refractivity contribution in [3.05, 3.63) is 60.2 Å². The second kappa shape index (κ2) is 5.74. The van der Waals surface area contributed by atoms with Crippen LogP contribution in [0.1, 0.15) is 5.56 Å². The third-order valence-corrected chi connectivity index (χ3v) is 4.75. The van der Waals surface area contributed by atoms with E-state index in [1.54, 1.807) is 23.3 Å². The molecule has 96 valence electrons. The van der Waals surface area contributed by atoms with Gasteiger partial charge in [0, 0.05) is 6.54 Å². The van der Waals surface area contributed by atoms with E-state index in [0.717, 1.165) is 16.4 Å². The van der Waals surface area contributed by atoms with E-state index >= 15 is 0 Å². The van der Waals surface area contributed by atoms with E-state index in [4.69, 9.17) is 0 Å². The summed E-state index contributed by atoms with van der Waals surface area (Å²) in [5.74, 6) is 0. The van der Waals surface area contributed by atoms with Gasteiger partial charge in [0.05, 0.1) is 10.2 Å². The Bertz CT molecular complexity index is 631. The van der Waals surface area contributed by atoms with E-state index in [1.807, 2.05) is 12.1 Å². The summed E-state index contributed by atoms with van der Waals surface area (Å²) in [6, 6.07) is 18.8. The number of nitrogens with zero attached hydrogens (tertiary/aromatic N) is 2. The lowest BCUT2D eigenvalue weighted by Gasteiger charge is -2.13. The molecule has 3 rings (SSSR count). The van der Waals surface area contributed by atoms with Gasteiger partial charge in [0.15, 0.2) is 4.34 Å². The first-order valence-corrected chi connectivity index (χ1v) is 7.69. The Morgan fingerprint density at radius 1 is 1.05 bits per heavy atom. The molecule has 0 aliphatic carbocycles. The van der Waals surface area contributed by atoms with E-state index in [2.05, 4.69) is 58.8 Å². The van der Waals surface area contributed by atoms with Gasteiger partial charge in [-0.25, -0.2) is 9.29 Å². The van der Waals surface area contributed by atoms with Crippen molar-refractivity contribution in [2.24, 2.45) is 0 Å². The maximum atomic E-state index is 4.63. The molecule has 0 aliphatic rings. The molecule has 0 aliphatic heterocycles. The van der Waals surface area contributed by atoms with E-state index in [1.165, 1.54) is 10.3 Å². The number of para-hydroxylation sites is 1. The fraction of sp³-hybridized carbons (Fsp3) is 0.133. The van der Waals surface area contributed by atoms with Gasteiger partial charge in [0.25, 0.3) is 0 Å². The lowest BCUT2D eigenvalue weighted by atomic mass is 10.2. The average molecular weight is 286 g/mol. The summed E-state index contributed by atoms with van der Waals surface area (Å²) in [5.41, 5.74) is 2.40. The first-order chi connectivity index (χ1) is 9.31. The van der Waals surface area contributed by atoms with Crippen LogP contribution in [-0.4, -0.2) is 16.3 Å². The number of aromatic nitrogens is 1. The van der Waals surface area contributed by atoms with Crippen molar-refractivity contribution in [2.75, 3.05) is 7.05 Å². The molecule has 4 heteroatoms. The van der Waals surface area contributed by atoms with Gasteiger partial charge in [-0.1, -0.05) is 42.5 Å². The minimum absolute atomic E-state index is 0.918. The predicted molar refractivity (Wildman–Crippen MR) is 83.4 cm³/mol. The fourth-order valence-corrected chi connectivity index (χ4v) is 4.01. The van der Waals surface area contributed by atoms with Crippen molar-refractivity contribution in [1.29, 1.82) is 0 Å². The smallest absolute Gasteiger partial charge is 0.166 e. The zero-order valence-corrected chi connectivity index (χ0v) is 12.2. The van der Waals surface area contributed by atoms with Gasteiger partial charge in [-0.15, -0.1) is 11.3 Å². The van der Waals surface area contributed by atoms with E-state index in [0.29, 0.717) is 0 Å². The summed E-state index contributed by atoms with van der Waals surface area (Å²) < 4.78 is 4.56. The summed E-state index contributed by atoms with van der Waals surface area (Å²) in [7, 11) is 2.10. The molecule has 0 fully saturated rings. The Balaban J connectivity index is 1.70. The van der Waals surface area contributed by atoms with Crippen molar-refractivity contribution in [1.82, 2.24) is 9.29 Å². The van der Waals surface area contributed by atoms with Gasteiger partial charge in [0.1, 0.15) is 0 Å². The van der Waals surface area contributed by atoms with Crippen molar-refractivity contribution in [2.45, 2.75) is 10.9 Å². The molecule has 19 heavy (non-hydrogen) atoms. The van der Waals surface area contributed by atoms with Gasteiger partial charge in [-0.3, -0.25) is 0 Å². The van der Waals surface area contributed by atoms with Gasteiger partial charge < -0.3 is 0 Å². The van der Waals surface area contributed by atoms with Crippen molar-refractivity contribution < 1.29 is 0 Å². The predicted octanol–water partition coefficient (Wildman–Crippen LogP) is 4.44. The summed E-state index contributed by atoms with van der Waals surface area (Å²) in [6.07, 6.45) is 0. The average Bonchev–Trinajstić information content (AvgIpc) is 2.81. The van der Waals surface area contributed by atoms with E-state index < -0.39 is 0 Å². The molecule has 3 aromatic rings. The highest BCUT2D eigenvalue weighted by Crippen LogP contribution is 2.31. The molecule has 1 heterocycles. The zero-order chi connectivity index (χ0) is 13.1. The van der Waals surface area contributed by atoms with Crippen LogP contribution in [0.3, 0.4) is 0 Å². The normalized spacial score (nSPS) is 11.3. The number of hydrogen-bond donors (Lipinski definition) is 0. The summed E-state index contributed by atoms with van der Waals surface area (Å²) in [6.45, 7) is 0.918. The molecule has 1 aromatic heterocycles. The third kappa shape index (κ3) is 3.15. The standard InChI is InChI=1S/C15H14N2S2/c1-17(11-12-7-3-2-4-8-12)19-15-16-13-9-5-6-10-14(13)18-15/h2-10H,11H2,1H3. The SMILES string of the molecule is CN(Cc1ccccc1)Sc1nc2ccccc2s1. The lowest BCUT2D eigenvalue weighted by molar-refractivity contribution is 0.564. The molecular weight excluding hydrogens is 272 g/mol. The maximum Gasteiger partial charge on any atom is 0.166 e. The highest BCUT2D eigenvalue weighted by Gasteiger charge is 2.07. The Morgan fingerprint density at radius 2 is 1.79 bits per heavy atom. The van der Waals surface area contributed by atoms with Gasteiger partial charge in [0.2, 0.25) is 0 Å². The Kier molecular flexibility index (Phi) is 3.82. The lowest BCUT2D eigenvalue weighted by Crippen LogP contribution is -2.07. The molecule has 0 saturated carbocycles. The summed E-state index contributed by atoms with van der Waals surface area (Å²) >= 11 is 3.45. The van der Waals surface area contributed by atoms with Crippen LogP contribution in [0.15, 0.2) is 58.9 Å². The van der Waals surface area contributed by atoms with E-state index in [9.17, 15) is 0 Å². The molecule has 2 nitrogen and oxygen atoms in total. The quantitative estimate of drug-likeness (QED) is 0.660. The molecule has 0 amide bonds. The minimum atomic E-state index is 0.918. The van der Waals surface area contributed by atoms with Crippen molar-refractivity contribution in [3.63, 3.8) is 0 Å². The van der Waals surface area contributed by atoms with Gasteiger partial charge in [-0.2, -0.15) is 0 Å². The largest absolute Gasteiger partial charge is 0.243 e. The topological polar surface area (TPSA) is 16.1 Å². The maximum absolute atomic E-state index is 4.63.